The normalized spacial score (nSPS) is 9.87. The Morgan fingerprint density at radius 1 is 1.60 bits per heavy atom. The van der Waals surface area contributed by atoms with Gasteiger partial charge in [0, 0.05) is 0 Å². The number of urea groups is 1. The number of nitrogens with one attached hydrogen (secondary N) is 3. The zero-order chi connectivity index (χ0) is 10.5. The summed E-state index contributed by atoms with van der Waals surface area (Å²) in [6, 6.07) is 3.17. The monoisotopic (exact) mass is 207 g/mol. The van der Waals surface area contributed by atoms with Crippen LogP contribution in [0.4, 0.5) is 10.6 Å². The van der Waals surface area contributed by atoms with Crippen LogP contribution in [0.5, 0.6) is 0 Å². The molecule has 2 aromatic heterocycles. The largest absolute Gasteiger partial charge is 0.467 e. The number of aromatic amines is 1. The Labute approximate surface area is 84.9 Å². The molecule has 0 fully saturated rings. The van der Waals surface area contributed by atoms with Crippen LogP contribution in [-0.4, -0.2) is 21.4 Å². The Hall–Kier alpha value is -2.31. The van der Waals surface area contributed by atoms with Gasteiger partial charge in [-0.2, -0.15) is 10.3 Å². The molecule has 15 heavy (non-hydrogen) atoms. The standard InChI is InChI=1S/C8H9N5O2/c14-8(11-7-5-10-13-12-7)9-4-6-2-1-3-15-6/h1-3,5H,4H2,(H3,9,10,11,12,13,14). The van der Waals surface area contributed by atoms with E-state index in [1.165, 1.54) is 6.20 Å². The minimum Gasteiger partial charge on any atom is -0.467 e. The smallest absolute Gasteiger partial charge is 0.320 e. The first-order valence-electron chi connectivity index (χ1n) is 4.27. The van der Waals surface area contributed by atoms with Crippen LogP contribution in [0, 0.1) is 0 Å². The fourth-order valence-electron chi connectivity index (χ4n) is 1.00. The molecular weight excluding hydrogens is 198 g/mol. The topological polar surface area (TPSA) is 95.8 Å². The van der Waals surface area contributed by atoms with Crippen molar-refractivity contribution >= 4 is 11.8 Å². The van der Waals surface area contributed by atoms with Gasteiger partial charge in [0.1, 0.15) is 5.76 Å². The molecule has 0 unspecified atom stereocenters. The summed E-state index contributed by atoms with van der Waals surface area (Å²) in [6.07, 6.45) is 2.96. The maximum atomic E-state index is 11.3. The summed E-state index contributed by atoms with van der Waals surface area (Å²) in [5.74, 6) is 1.05. The molecule has 0 bridgehead atoms. The summed E-state index contributed by atoms with van der Waals surface area (Å²) < 4.78 is 5.04. The lowest BCUT2D eigenvalue weighted by molar-refractivity contribution is 0.250. The quantitative estimate of drug-likeness (QED) is 0.690. The fourth-order valence-corrected chi connectivity index (χ4v) is 1.00. The van der Waals surface area contributed by atoms with Gasteiger partial charge in [0.2, 0.25) is 0 Å². The number of rotatable bonds is 3. The van der Waals surface area contributed by atoms with E-state index < -0.39 is 0 Å². The van der Waals surface area contributed by atoms with E-state index in [0.717, 1.165) is 0 Å². The second kappa shape index (κ2) is 4.27. The summed E-state index contributed by atoms with van der Waals surface area (Å²) >= 11 is 0. The lowest BCUT2D eigenvalue weighted by Crippen LogP contribution is -2.28. The molecule has 0 atom stereocenters. The average molecular weight is 207 g/mol. The van der Waals surface area contributed by atoms with Crippen LogP contribution < -0.4 is 10.6 Å². The molecule has 7 nitrogen and oxygen atoms in total. The number of amides is 2. The zero-order valence-electron chi connectivity index (χ0n) is 7.73. The van der Waals surface area contributed by atoms with Crippen LogP contribution in [0.25, 0.3) is 0 Å². The van der Waals surface area contributed by atoms with Crippen molar-refractivity contribution in [2.45, 2.75) is 6.54 Å². The number of furan rings is 1. The fraction of sp³-hybridized carbons (Fsp3) is 0.125. The third-order valence-corrected chi connectivity index (χ3v) is 1.66. The van der Waals surface area contributed by atoms with Gasteiger partial charge in [0.15, 0.2) is 5.82 Å². The molecule has 7 heteroatoms. The predicted molar refractivity (Wildman–Crippen MR) is 50.9 cm³/mol. The van der Waals surface area contributed by atoms with Crippen molar-refractivity contribution in [3.05, 3.63) is 30.4 Å². The maximum Gasteiger partial charge on any atom is 0.320 e. The van der Waals surface area contributed by atoms with Crippen molar-refractivity contribution in [3.63, 3.8) is 0 Å². The number of H-pyrrole nitrogens is 1. The van der Waals surface area contributed by atoms with Gasteiger partial charge < -0.3 is 9.73 Å². The molecule has 2 aromatic rings. The Morgan fingerprint density at radius 3 is 3.20 bits per heavy atom. The molecule has 0 radical (unpaired) electrons. The first-order valence-corrected chi connectivity index (χ1v) is 4.27. The lowest BCUT2D eigenvalue weighted by atomic mass is 10.4. The predicted octanol–water partition coefficient (Wildman–Crippen LogP) is 0.719. The molecule has 0 aromatic carbocycles. The summed E-state index contributed by atoms with van der Waals surface area (Å²) in [4.78, 5) is 11.3. The van der Waals surface area contributed by atoms with E-state index in [1.807, 2.05) is 0 Å². The van der Waals surface area contributed by atoms with Crippen LogP contribution in [-0.2, 0) is 6.54 Å². The number of aromatic nitrogens is 3. The zero-order valence-corrected chi connectivity index (χ0v) is 7.73. The Balaban J connectivity index is 1.78. The second-order valence-corrected chi connectivity index (χ2v) is 2.74. The highest BCUT2D eigenvalue weighted by molar-refractivity contribution is 5.87. The van der Waals surface area contributed by atoms with Gasteiger partial charge in [-0.05, 0) is 12.1 Å². The number of carbonyl (C=O) groups is 1. The van der Waals surface area contributed by atoms with Crippen molar-refractivity contribution in [3.8, 4) is 0 Å². The summed E-state index contributed by atoms with van der Waals surface area (Å²) in [6.45, 7) is 0.330. The Morgan fingerprint density at radius 2 is 2.53 bits per heavy atom. The average Bonchev–Trinajstić information content (AvgIpc) is 2.86. The number of hydrogen-bond acceptors (Lipinski definition) is 4. The van der Waals surface area contributed by atoms with Crippen molar-refractivity contribution < 1.29 is 9.21 Å². The van der Waals surface area contributed by atoms with E-state index in [9.17, 15) is 4.79 Å². The van der Waals surface area contributed by atoms with E-state index in [0.29, 0.717) is 18.1 Å². The van der Waals surface area contributed by atoms with Crippen LogP contribution in [0.15, 0.2) is 29.0 Å². The molecule has 0 saturated carbocycles. The number of hydrogen-bond donors (Lipinski definition) is 3. The third-order valence-electron chi connectivity index (χ3n) is 1.66. The van der Waals surface area contributed by atoms with Crippen molar-refractivity contribution in [2.24, 2.45) is 0 Å². The van der Waals surface area contributed by atoms with Crippen molar-refractivity contribution in [2.75, 3.05) is 5.32 Å². The maximum absolute atomic E-state index is 11.3. The molecule has 2 rings (SSSR count). The third kappa shape index (κ3) is 2.56. The summed E-state index contributed by atoms with van der Waals surface area (Å²) in [5, 5.41) is 14.7. The first kappa shape index (κ1) is 9.25. The van der Waals surface area contributed by atoms with E-state index >= 15 is 0 Å². The highest BCUT2D eigenvalue weighted by Crippen LogP contribution is 1.99. The molecular formula is C8H9N5O2. The highest BCUT2D eigenvalue weighted by Gasteiger charge is 2.03. The van der Waals surface area contributed by atoms with Gasteiger partial charge >= 0.3 is 6.03 Å². The van der Waals surface area contributed by atoms with Crippen LogP contribution in [0.3, 0.4) is 0 Å². The number of nitrogens with zero attached hydrogens (tertiary/aromatic N) is 2. The molecule has 0 saturated heterocycles. The summed E-state index contributed by atoms with van der Waals surface area (Å²) in [5.41, 5.74) is 0. The highest BCUT2D eigenvalue weighted by atomic mass is 16.3. The second-order valence-electron chi connectivity index (χ2n) is 2.74. The van der Waals surface area contributed by atoms with Crippen LogP contribution >= 0.6 is 0 Å². The van der Waals surface area contributed by atoms with Gasteiger partial charge in [-0.3, -0.25) is 5.32 Å². The molecule has 0 aliphatic carbocycles. The van der Waals surface area contributed by atoms with E-state index in [-0.39, 0.29) is 6.03 Å². The van der Waals surface area contributed by atoms with E-state index in [1.54, 1.807) is 18.4 Å². The molecule has 0 aliphatic heterocycles. The van der Waals surface area contributed by atoms with Crippen molar-refractivity contribution in [1.82, 2.24) is 20.7 Å². The van der Waals surface area contributed by atoms with E-state index in [4.69, 9.17) is 4.42 Å². The van der Waals surface area contributed by atoms with Gasteiger partial charge in [0.05, 0.1) is 19.0 Å². The van der Waals surface area contributed by atoms with E-state index in [2.05, 4.69) is 26.0 Å². The summed E-state index contributed by atoms with van der Waals surface area (Å²) in [7, 11) is 0. The van der Waals surface area contributed by atoms with Gasteiger partial charge in [-0.25, -0.2) is 4.79 Å². The Kier molecular flexibility index (Phi) is 2.63. The molecule has 3 N–H and O–H groups in total. The molecule has 0 spiro atoms. The molecule has 0 aliphatic rings. The van der Waals surface area contributed by atoms with Crippen molar-refractivity contribution in [1.29, 1.82) is 0 Å². The molecule has 2 amide bonds. The van der Waals surface area contributed by atoms with Gasteiger partial charge in [-0.1, -0.05) is 0 Å². The molecule has 2 heterocycles. The minimum absolute atomic E-state index is 0.330. The number of anilines is 1. The van der Waals surface area contributed by atoms with Crippen LogP contribution in [0.2, 0.25) is 0 Å². The first-order chi connectivity index (χ1) is 7.34. The van der Waals surface area contributed by atoms with Gasteiger partial charge in [0.25, 0.3) is 0 Å². The van der Waals surface area contributed by atoms with Crippen LogP contribution in [0.1, 0.15) is 5.76 Å². The lowest BCUT2D eigenvalue weighted by Gasteiger charge is -2.02. The minimum atomic E-state index is -0.361. The molecule has 78 valence electrons. The Bertz CT molecular complexity index is 408. The van der Waals surface area contributed by atoms with Gasteiger partial charge in [-0.15, -0.1) is 5.10 Å². The SMILES string of the molecule is O=C(NCc1ccco1)Nc1cn[nH]n1. The number of carbonyl (C=O) groups excluding carboxylic acids is 1.